The lowest BCUT2D eigenvalue weighted by Crippen LogP contribution is -2.44. The molecule has 0 radical (unpaired) electrons. The minimum atomic E-state index is -0.177. The Morgan fingerprint density at radius 2 is 2.21 bits per heavy atom. The number of amides is 1. The number of hydrogen-bond donors (Lipinski definition) is 2. The van der Waals surface area contributed by atoms with E-state index in [2.05, 4.69) is 4.98 Å². The molecule has 1 heterocycles. The fourth-order valence-electron chi connectivity index (χ4n) is 3.15. The van der Waals surface area contributed by atoms with E-state index in [-0.39, 0.29) is 18.6 Å². The Kier molecular flexibility index (Phi) is 5.09. The highest BCUT2D eigenvalue weighted by atomic mass is 16.5. The number of aromatic nitrogens is 1. The molecule has 0 saturated heterocycles. The molecule has 130 valence electrons. The van der Waals surface area contributed by atoms with Crippen LogP contribution in [-0.4, -0.2) is 46.7 Å². The monoisotopic (exact) mass is 330 g/mol. The third kappa shape index (κ3) is 3.41. The zero-order valence-corrected chi connectivity index (χ0v) is 14.4. The van der Waals surface area contributed by atoms with Crippen molar-refractivity contribution in [1.29, 1.82) is 0 Å². The van der Waals surface area contributed by atoms with E-state index in [9.17, 15) is 9.90 Å². The van der Waals surface area contributed by atoms with Crippen LogP contribution in [0.3, 0.4) is 0 Å². The first-order valence-corrected chi connectivity index (χ1v) is 8.79. The highest BCUT2D eigenvalue weighted by molar-refractivity contribution is 5.98. The van der Waals surface area contributed by atoms with Crippen LogP contribution in [0.5, 0.6) is 5.75 Å². The average molecular weight is 330 g/mol. The van der Waals surface area contributed by atoms with Gasteiger partial charge in [-0.05, 0) is 50.8 Å². The van der Waals surface area contributed by atoms with E-state index in [4.69, 9.17) is 4.74 Å². The molecule has 1 amide bonds. The molecule has 1 atom stereocenters. The number of fused-ring (bicyclic) bond motifs is 1. The molecule has 1 fully saturated rings. The van der Waals surface area contributed by atoms with Crippen LogP contribution in [0.25, 0.3) is 10.9 Å². The van der Waals surface area contributed by atoms with Gasteiger partial charge >= 0.3 is 0 Å². The molecule has 1 saturated carbocycles. The van der Waals surface area contributed by atoms with E-state index in [0.717, 1.165) is 23.2 Å². The van der Waals surface area contributed by atoms with E-state index in [1.165, 1.54) is 19.3 Å². The molecule has 1 aliphatic rings. The number of ether oxygens (including phenoxy) is 1. The lowest BCUT2D eigenvalue weighted by molar-refractivity contribution is 0.0524. The van der Waals surface area contributed by atoms with Gasteiger partial charge in [-0.25, -0.2) is 0 Å². The van der Waals surface area contributed by atoms with Crippen LogP contribution in [-0.2, 0) is 0 Å². The second-order valence-electron chi connectivity index (χ2n) is 6.65. The standard InChI is InChI=1S/C19H26N2O3/c1-3-24-16-8-7-15-9-18(20-17(15)10-16)19(23)21(13(2)12-22)11-14-5-4-6-14/h7-10,13-14,20,22H,3-6,11-12H2,1-2H3/t13-/m1/s1. The third-order valence-electron chi connectivity index (χ3n) is 4.87. The third-order valence-corrected chi connectivity index (χ3v) is 4.87. The van der Waals surface area contributed by atoms with Crippen LogP contribution in [0.2, 0.25) is 0 Å². The normalized spacial score (nSPS) is 16.0. The second kappa shape index (κ2) is 7.26. The van der Waals surface area contributed by atoms with Gasteiger partial charge < -0.3 is 19.7 Å². The number of aliphatic hydroxyl groups excluding tert-OH is 1. The summed E-state index contributed by atoms with van der Waals surface area (Å²) in [5.74, 6) is 1.32. The maximum atomic E-state index is 13.0. The number of aromatic amines is 1. The predicted molar refractivity (Wildman–Crippen MR) is 94.4 cm³/mol. The van der Waals surface area contributed by atoms with Gasteiger partial charge in [-0.15, -0.1) is 0 Å². The Bertz CT molecular complexity index is 706. The summed E-state index contributed by atoms with van der Waals surface area (Å²) in [7, 11) is 0. The fraction of sp³-hybridized carbons (Fsp3) is 0.526. The van der Waals surface area contributed by atoms with E-state index in [1.807, 2.05) is 38.1 Å². The summed E-state index contributed by atoms with van der Waals surface area (Å²) in [6.07, 6.45) is 3.59. The van der Waals surface area contributed by atoms with E-state index >= 15 is 0 Å². The molecule has 5 nitrogen and oxygen atoms in total. The molecule has 2 aromatic rings. The quantitative estimate of drug-likeness (QED) is 0.819. The number of carbonyl (C=O) groups is 1. The van der Waals surface area contributed by atoms with Gasteiger partial charge in [-0.1, -0.05) is 6.42 Å². The van der Waals surface area contributed by atoms with Crippen LogP contribution in [0, 0.1) is 5.92 Å². The van der Waals surface area contributed by atoms with Crippen molar-refractivity contribution in [2.24, 2.45) is 5.92 Å². The van der Waals surface area contributed by atoms with Crippen LogP contribution >= 0.6 is 0 Å². The number of nitrogens with zero attached hydrogens (tertiary/aromatic N) is 1. The fourth-order valence-corrected chi connectivity index (χ4v) is 3.15. The number of aliphatic hydroxyl groups is 1. The van der Waals surface area contributed by atoms with Crippen molar-refractivity contribution in [3.8, 4) is 5.75 Å². The lowest BCUT2D eigenvalue weighted by atomic mass is 9.85. The molecule has 0 spiro atoms. The molecule has 1 aromatic carbocycles. The summed E-state index contributed by atoms with van der Waals surface area (Å²) in [6, 6.07) is 7.49. The first kappa shape index (κ1) is 16.8. The van der Waals surface area contributed by atoms with E-state index < -0.39 is 0 Å². The number of benzene rings is 1. The summed E-state index contributed by atoms with van der Waals surface area (Å²) in [4.78, 5) is 18.0. The van der Waals surface area contributed by atoms with Crippen LogP contribution in [0.1, 0.15) is 43.6 Å². The molecule has 0 unspecified atom stereocenters. The lowest BCUT2D eigenvalue weighted by Gasteiger charge is -2.35. The zero-order valence-electron chi connectivity index (χ0n) is 14.4. The molecule has 3 rings (SSSR count). The summed E-state index contributed by atoms with van der Waals surface area (Å²) < 4.78 is 5.51. The zero-order chi connectivity index (χ0) is 17.1. The molecule has 1 aliphatic carbocycles. The van der Waals surface area contributed by atoms with Crippen LogP contribution < -0.4 is 4.74 Å². The molecule has 2 N–H and O–H groups in total. The van der Waals surface area contributed by atoms with Crippen LogP contribution in [0.4, 0.5) is 0 Å². The number of carbonyl (C=O) groups excluding carboxylic acids is 1. The summed E-state index contributed by atoms with van der Waals surface area (Å²) in [5.41, 5.74) is 1.46. The van der Waals surface area contributed by atoms with Gasteiger partial charge in [0.05, 0.1) is 19.3 Å². The highest BCUT2D eigenvalue weighted by Crippen LogP contribution is 2.29. The van der Waals surface area contributed by atoms with Gasteiger partial charge in [0.1, 0.15) is 11.4 Å². The van der Waals surface area contributed by atoms with Crippen molar-refractivity contribution < 1.29 is 14.6 Å². The number of hydrogen-bond acceptors (Lipinski definition) is 3. The minimum Gasteiger partial charge on any atom is -0.494 e. The Labute approximate surface area is 142 Å². The molecule has 0 bridgehead atoms. The number of rotatable bonds is 7. The Morgan fingerprint density at radius 3 is 2.83 bits per heavy atom. The van der Waals surface area contributed by atoms with Crippen molar-refractivity contribution in [2.75, 3.05) is 19.8 Å². The molecule has 1 aromatic heterocycles. The van der Waals surface area contributed by atoms with Crippen molar-refractivity contribution in [1.82, 2.24) is 9.88 Å². The summed E-state index contributed by atoms with van der Waals surface area (Å²) >= 11 is 0. The largest absolute Gasteiger partial charge is 0.494 e. The van der Waals surface area contributed by atoms with Gasteiger partial charge in [-0.3, -0.25) is 4.79 Å². The molecular formula is C19H26N2O3. The molecular weight excluding hydrogens is 304 g/mol. The highest BCUT2D eigenvalue weighted by Gasteiger charge is 2.28. The first-order chi connectivity index (χ1) is 11.6. The number of H-pyrrole nitrogens is 1. The minimum absolute atomic E-state index is 0.0207. The number of nitrogens with one attached hydrogen (secondary N) is 1. The topological polar surface area (TPSA) is 65.6 Å². The van der Waals surface area contributed by atoms with Crippen molar-refractivity contribution in [2.45, 2.75) is 39.2 Å². The maximum Gasteiger partial charge on any atom is 0.270 e. The van der Waals surface area contributed by atoms with Gasteiger partial charge in [0, 0.05) is 23.5 Å². The summed E-state index contributed by atoms with van der Waals surface area (Å²) in [5, 5.41) is 10.5. The summed E-state index contributed by atoms with van der Waals surface area (Å²) in [6.45, 7) is 5.16. The van der Waals surface area contributed by atoms with Gasteiger partial charge in [-0.2, -0.15) is 0 Å². The van der Waals surface area contributed by atoms with Gasteiger partial charge in [0.15, 0.2) is 0 Å². The second-order valence-corrected chi connectivity index (χ2v) is 6.65. The predicted octanol–water partition coefficient (Wildman–Crippen LogP) is 3.19. The Morgan fingerprint density at radius 1 is 1.42 bits per heavy atom. The van der Waals surface area contributed by atoms with E-state index in [1.54, 1.807) is 4.90 Å². The maximum absolute atomic E-state index is 13.0. The Balaban J connectivity index is 1.84. The average Bonchev–Trinajstić information content (AvgIpc) is 2.96. The Hall–Kier alpha value is -2.01. The van der Waals surface area contributed by atoms with Crippen molar-refractivity contribution in [3.05, 3.63) is 30.0 Å². The van der Waals surface area contributed by atoms with E-state index in [0.29, 0.717) is 18.2 Å². The molecule has 24 heavy (non-hydrogen) atoms. The van der Waals surface area contributed by atoms with Crippen LogP contribution in [0.15, 0.2) is 24.3 Å². The van der Waals surface area contributed by atoms with Gasteiger partial charge in [0.25, 0.3) is 5.91 Å². The van der Waals surface area contributed by atoms with Crippen molar-refractivity contribution in [3.63, 3.8) is 0 Å². The first-order valence-electron chi connectivity index (χ1n) is 8.79. The van der Waals surface area contributed by atoms with Gasteiger partial charge in [0.2, 0.25) is 0 Å². The van der Waals surface area contributed by atoms with Crippen molar-refractivity contribution >= 4 is 16.8 Å². The molecule has 0 aliphatic heterocycles. The SMILES string of the molecule is CCOc1ccc2cc(C(=O)N(CC3CCC3)[C@H](C)CO)[nH]c2c1. The smallest absolute Gasteiger partial charge is 0.270 e. The molecule has 5 heteroatoms.